The minimum atomic E-state index is -0.288. The third-order valence-corrected chi connectivity index (χ3v) is 5.63. The summed E-state index contributed by atoms with van der Waals surface area (Å²) in [5.74, 6) is 1.13. The normalized spacial score (nSPS) is 27.3. The molecule has 7 nitrogen and oxygen atoms in total. The number of ether oxygens (including phenoxy) is 2. The molecular weight excluding hydrogens is 370 g/mol. The van der Waals surface area contributed by atoms with E-state index in [0.717, 1.165) is 12.2 Å². The molecule has 4 rings (SSSR count). The maximum Gasteiger partial charge on any atom is 0.228 e. The van der Waals surface area contributed by atoms with Crippen molar-refractivity contribution in [2.24, 2.45) is 5.92 Å². The average molecular weight is 396 g/mol. The molecule has 0 saturated carbocycles. The highest BCUT2D eigenvalue weighted by Gasteiger charge is 2.40. The smallest absolute Gasteiger partial charge is 0.228 e. The van der Waals surface area contributed by atoms with Gasteiger partial charge in [-0.05, 0) is 26.0 Å². The first kappa shape index (κ1) is 19.8. The predicted molar refractivity (Wildman–Crippen MR) is 104 cm³/mol. The van der Waals surface area contributed by atoms with Crippen LogP contribution in [0, 0.1) is 5.92 Å². The standard InChI is InChI=1S/C19H25N3O4.ClH/c1-12-13(2)21(6-5-20-12)19(24)14-9-18(23)22(11-14)15-3-4-16-17(10-15)26-8-7-25-16;/h3-4,10,12-14,20H,5-9,11H2,1-2H3;1H. The number of piperazine rings is 1. The van der Waals surface area contributed by atoms with E-state index < -0.39 is 0 Å². The number of hydrogen-bond acceptors (Lipinski definition) is 5. The molecule has 0 aromatic heterocycles. The zero-order valence-corrected chi connectivity index (χ0v) is 16.5. The van der Waals surface area contributed by atoms with Gasteiger partial charge in [-0.25, -0.2) is 0 Å². The average Bonchev–Trinajstić information content (AvgIpc) is 3.05. The highest BCUT2D eigenvalue weighted by Crippen LogP contribution is 2.36. The minimum Gasteiger partial charge on any atom is -0.486 e. The van der Waals surface area contributed by atoms with Gasteiger partial charge in [0, 0.05) is 49.9 Å². The van der Waals surface area contributed by atoms with Gasteiger partial charge >= 0.3 is 0 Å². The van der Waals surface area contributed by atoms with E-state index in [1.165, 1.54) is 0 Å². The topological polar surface area (TPSA) is 71.1 Å². The molecule has 0 aliphatic carbocycles. The molecule has 3 aliphatic heterocycles. The van der Waals surface area contributed by atoms with Crippen molar-refractivity contribution >= 4 is 29.9 Å². The Morgan fingerprint density at radius 1 is 1.19 bits per heavy atom. The molecular formula is C19H26ClN3O4. The van der Waals surface area contributed by atoms with Crippen LogP contribution in [0.2, 0.25) is 0 Å². The number of benzene rings is 1. The molecule has 148 valence electrons. The lowest BCUT2D eigenvalue weighted by molar-refractivity contribution is -0.139. The summed E-state index contributed by atoms with van der Waals surface area (Å²) in [6.07, 6.45) is 0.262. The van der Waals surface area contributed by atoms with E-state index in [4.69, 9.17) is 9.47 Å². The van der Waals surface area contributed by atoms with Crippen LogP contribution in [0.4, 0.5) is 5.69 Å². The summed E-state index contributed by atoms with van der Waals surface area (Å²) in [6.45, 7) is 7.10. The quantitative estimate of drug-likeness (QED) is 0.820. The molecule has 0 spiro atoms. The Labute approximate surface area is 165 Å². The van der Waals surface area contributed by atoms with Crippen molar-refractivity contribution in [2.45, 2.75) is 32.4 Å². The Bertz CT molecular complexity index is 729. The summed E-state index contributed by atoms with van der Waals surface area (Å²) in [5, 5.41) is 3.38. The Kier molecular flexibility index (Phi) is 5.81. The van der Waals surface area contributed by atoms with Gasteiger partial charge in [0.2, 0.25) is 11.8 Å². The second-order valence-corrected chi connectivity index (χ2v) is 7.25. The van der Waals surface area contributed by atoms with Crippen molar-refractivity contribution in [2.75, 3.05) is 37.7 Å². The lowest BCUT2D eigenvalue weighted by Gasteiger charge is -2.39. The zero-order valence-electron chi connectivity index (χ0n) is 15.6. The van der Waals surface area contributed by atoms with E-state index in [2.05, 4.69) is 19.2 Å². The van der Waals surface area contributed by atoms with Crippen molar-refractivity contribution in [3.8, 4) is 11.5 Å². The van der Waals surface area contributed by atoms with E-state index >= 15 is 0 Å². The van der Waals surface area contributed by atoms with E-state index in [1.54, 1.807) is 4.90 Å². The maximum atomic E-state index is 13.0. The molecule has 1 aromatic carbocycles. The summed E-state index contributed by atoms with van der Waals surface area (Å²) in [5.41, 5.74) is 0.760. The lowest BCUT2D eigenvalue weighted by atomic mass is 10.0. The van der Waals surface area contributed by atoms with E-state index in [0.29, 0.717) is 37.8 Å². The third-order valence-electron chi connectivity index (χ3n) is 5.63. The highest BCUT2D eigenvalue weighted by molar-refractivity contribution is 6.00. The van der Waals surface area contributed by atoms with E-state index in [9.17, 15) is 9.59 Å². The van der Waals surface area contributed by atoms with Crippen LogP contribution in [0.1, 0.15) is 20.3 Å². The molecule has 8 heteroatoms. The Morgan fingerprint density at radius 2 is 1.93 bits per heavy atom. The maximum absolute atomic E-state index is 13.0. The fraction of sp³-hybridized carbons (Fsp3) is 0.579. The van der Waals surface area contributed by atoms with E-state index in [1.807, 2.05) is 23.1 Å². The van der Waals surface area contributed by atoms with Crippen LogP contribution < -0.4 is 19.7 Å². The van der Waals surface area contributed by atoms with E-state index in [-0.39, 0.29) is 48.6 Å². The number of carbonyl (C=O) groups is 2. The summed E-state index contributed by atoms with van der Waals surface area (Å²) in [4.78, 5) is 29.2. The van der Waals surface area contributed by atoms with Crippen molar-refractivity contribution < 1.29 is 19.1 Å². The SMILES string of the molecule is CC1NCCN(C(=O)C2CC(=O)N(c3ccc4c(c3)OCCO4)C2)C1C.Cl. The molecule has 3 aliphatic rings. The minimum absolute atomic E-state index is 0. The van der Waals surface area contributed by atoms with Crippen LogP contribution in [-0.4, -0.2) is 61.6 Å². The molecule has 1 N–H and O–H groups in total. The number of nitrogens with one attached hydrogen (secondary N) is 1. The van der Waals surface area contributed by atoms with Gasteiger partial charge in [0.1, 0.15) is 13.2 Å². The predicted octanol–water partition coefficient (Wildman–Crippen LogP) is 1.44. The van der Waals surface area contributed by atoms with Crippen molar-refractivity contribution in [1.82, 2.24) is 10.2 Å². The number of carbonyl (C=O) groups excluding carboxylic acids is 2. The van der Waals surface area contributed by atoms with Gasteiger partial charge in [-0.2, -0.15) is 0 Å². The third kappa shape index (κ3) is 3.71. The highest BCUT2D eigenvalue weighted by atomic mass is 35.5. The molecule has 1 aromatic rings. The van der Waals surface area contributed by atoms with Gasteiger partial charge in [-0.15, -0.1) is 12.4 Å². The monoisotopic (exact) mass is 395 g/mol. The fourth-order valence-electron chi connectivity index (χ4n) is 3.92. The van der Waals surface area contributed by atoms with Gasteiger partial charge in [0.25, 0.3) is 0 Å². The molecule has 0 radical (unpaired) electrons. The molecule has 3 atom stereocenters. The number of halogens is 1. The molecule has 3 heterocycles. The van der Waals surface area contributed by atoms with Crippen LogP contribution in [0.5, 0.6) is 11.5 Å². The first-order chi connectivity index (χ1) is 12.5. The first-order valence-corrected chi connectivity index (χ1v) is 9.28. The summed E-state index contributed by atoms with van der Waals surface area (Å²) in [6, 6.07) is 5.91. The summed E-state index contributed by atoms with van der Waals surface area (Å²) in [7, 11) is 0. The Hall–Kier alpha value is -1.99. The second kappa shape index (κ2) is 7.94. The second-order valence-electron chi connectivity index (χ2n) is 7.25. The van der Waals surface area contributed by atoms with Crippen molar-refractivity contribution in [3.05, 3.63) is 18.2 Å². The van der Waals surface area contributed by atoms with Gasteiger partial charge in [-0.3, -0.25) is 9.59 Å². The number of fused-ring (bicyclic) bond motifs is 1. The zero-order chi connectivity index (χ0) is 18.3. The fourth-order valence-corrected chi connectivity index (χ4v) is 3.92. The number of rotatable bonds is 2. The molecule has 0 bridgehead atoms. The van der Waals surface area contributed by atoms with Gasteiger partial charge in [0.05, 0.1) is 5.92 Å². The van der Waals surface area contributed by atoms with Gasteiger partial charge in [0.15, 0.2) is 11.5 Å². The molecule has 27 heavy (non-hydrogen) atoms. The Balaban J connectivity index is 0.00000210. The number of anilines is 1. The number of amides is 2. The van der Waals surface area contributed by atoms with Crippen molar-refractivity contribution in [1.29, 1.82) is 0 Å². The van der Waals surface area contributed by atoms with Crippen LogP contribution >= 0.6 is 12.4 Å². The van der Waals surface area contributed by atoms with Gasteiger partial charge < -0.3 is 24.6 Å². The van der Waals surface area contributed by atoms with Crippen LogP contribution in [0.3, 0.4) is 0 Å². The first-order valence-electron chi connectivity index (χ1n) is 9.28. The largest absolute Gasteiger partial charge is 0.486 e. The lowest BCUT2D eigenvalue weighted by Crippen LogP contribution is -2.58. The molecule has 2 fully saturated rings. The van der Waals surface area contributed by atoms with Crippen molar-refractivity contribution in [3.63, 3.8) is 0 Å². The van der Waals surface area contributed by atoms with Crippen LogP contribution in [0.15, 0.2) is 18.2 Å². The molecule has 2 amide bonds. The van der Waals surface area contributed by atoms with Crippen LogP contribution in [0.25, 0.3) is 0 Å². The van der Waals surface area contributed by atoms with Crippen LogP contribution in [-0.2, 0) is 9.59 Å². The molecule has 3 unspecified atom stereocenters. The summed E-state index contributed by atoms with van der Waals surface area (Å²) >= 11 is 0. The summed E-state index contributed by atoms with van der Waals surface area (Å²) < 4.78 is 11.1. The molecule has 2 saturated heterocycles. The Morgan fingerprint density at radius 3 is 2.70 bits per heavy atom. The van der Waals surface area contributed by atoms with Gasteiger partial charge in [-0.1, -0.05) is 0 Å². The number of hydrogen-bond donors (Lipinski definition) is 1. The number of nitrogens with zero attached hydrogens (tertiary/aromatic N) is 2.